The maximum absolute atomic E-state index is 13.1. The van der Waals surface area contributed by atoms with Gasteiger partial charge in [0.15, 0.2) is 5.58 Å². The Hall–Kier alpha value is -4.05. The first-order chi connectivity index (χ1) is 15.9. The number of fused-ring (bicyclic) bond motifs is 1. The van der Waals surface area contributed by atoms with Crippen LogP contribution in [0.5, 0.6) is 5.88 Å². The van der Waals surface area contributed by atoms with Crippen molar-refractivity contribution in [3.63, 3.8) is 0 Å². The van der Waals surface area contributed by atoms with Crippen LogP contribution in [0.3, 0.4) is 0 Å². The molecule has 0 fully saturated rings. The number of carbonyl (C=O) groups excluding carboxylic acids is 1. The zero-order valence-electron chi connectivity index (χ0n) is 18.4. The second-order valence-electron chi connectivity index (χ2n) is 7.67. The van der Waals surface area contributed by atoms with Crippen molar-refractivity contribution in [3.8, 4) is 17.1 Å². The number of amides is 1. The SMILES string of the molecule is CN(C)CCN(C)c1nc2cc(NC(=O)Oc3cnc(-c4ccc(F)cc4)cn3)ccc2o1. The van der Waals surface area contributed by atoms with Crippen LogP contribution in [0.2, 0.25) is 0 Å². The molecule has 9 nitrogen and oxygen atoms in total. The Bertz CT molecular complexity index is 1240. The Morgan fingerprint density at radius 1 is 1.06 bits per heavy atom. The van der Waals surface area contributed by atoms with Gasteiger partial charge in [0.25, 0.3) is 6.01 Å². The number of anilines is 2. The molecule has 0 unspecified atom stereocenters. The first kappa shape index (κ1) is 22.2. The molecule has 1 amide bonds. The molecule has 0 bridgehead atoms. The Kier molecular flexibility index (Phi) is 6.45. The third-order valence-corrected chi connectivity index (χ3v) is 4.80. The summed E-state index contributed by atoms with van der Waals surface area (Å²) in [5.41, 5.74) is 2.96. The minimum Gasteiger partial charge on any atom is -0.423 e. The average molecular weight is 450 g/mol. The molecule has 0 atom stereocenters. The number of likely N-dealkylation sites (N-methyl/N-ethyl adjacent to an activating group) is 2. The fraction of sp³-hybridized carbons (Fsp3) is 0.217. The van der Waals surface area contributed by atoms with Crippen LogP contribution in [0.1, 0.15) is 0 Å². The fourth-order valence-corrected chi connectivity index (χ4v) is 2.98. The zero-order chi connectivity index (χ0) is 23.4. The molecule has 4 rings (SSSR count). The largest absolute Gasteiger partial charge is 0.423 e. The summed E-state index contributed by atoms with van der Waals surface area (Å²) in [7, 11) is 5.91. The van der Waals surface area contributed by atoms with Crippen molar-refractivity contribution < 1.29 is 18.3 Å². The van der Waals surface area contributed by atoms with E-state index in [0.29, 0.717) is 34.1 Å². The molecule has 2 aromatic carbocycles. The normalized spacial score (nSPS) is 11.1. The van der Waals surface area contributed by atoms with E-state index in [1.807, 2.05) is 26.0 Å². The van der Waals surface area contributed by atoms with Crippen LogP contribution in [-0.2, 0) is 0 Å². The van der Waals surface area contributed by atoms with E-state index in [0.717, 1.165) is 13.1 Å². The lowest BCUT2D eigenvalue weighted by molar-refractivity contribution is 0.213. The number of hydrogen-bond acceptors (Lipinski definition) is 8. The van der Waals surface area contributed by atoms with Crippen LogP contribution in [0.15, 0.2) is 59.3 Å². The highest BCUT2D eigenvalue weighted by Gasteiger charge is 2.13. The molecule has 2 aromatic heterocycles. The highest BCUT2D eigenvalue weighted by atomic mass is 19.1. The Morgan fingerprint density at radius 2 is 1.85 bits per heavy atom. The van der Waals surface area contributed by atoms with Gasteiger partial charge in [0, 0.05) is 31.4 Å². The van der Waals surface area contributed by atoms with Gasteiger partial charge in [0.1, 0.15) is 11.3 Å². The molecular weight excluding hydrogens is 427 g/mol. The van der Waals surface area contributed by atoms with E-state index in [9.17, 15) is 9.18 Å². The number of benzene rings is 2. The number of ether oxygens (including phenoxy) is 1. The minimum atomic E-state index is -0.718. The van der Waals surface area contributed by atoms with Gasteiger partial charge >= 0.3 is 6.09 Å². The Labute approximate surface area is 189 Å². The fourth-order valence-electron chi connectivity index (χ4n) is 2.98. The van der Waals surface area contributed by atoms with E-state index in [1.54, 1.807) is 30.3 Å². The molecule has 4 aromatic rings. The highest BCUT2D eigenvalue weighted by molar-refractivity contribution is 5.89. The predicted molar refractivity (Wildman–Crippen MR) is 123 cm³/mol. The quantitative estimate of drug-likeness (QED) is 0.451. The first-order valence-electron chi connectivity index (χ1n) is 10.2. The summed E-state index contributed by atoms with van der Waals surface area (Å²) in [6.07, 6.45) is 2.06. The van der Waals surface area contributed by atoms with E-state index >= 15 is 0 Å². The zero-order valence-corrected chi connectivity index (χ0v) is 18.4. The number of aromatic nitrogens is 3. The number of oxazole rings is 1. The minimum absolute atomic E-state index is 0.0330. The van der Waals surface area contributed by atoms with Gasteiger partial charge in [0.2, 0.25) is 5.88 Å². The predicted octanol–water partition coefficient (Wildman–Crippen LogP) is 4.03. The molecule has 0 aliphatic heterocycles. The monoisotopic (exact) mass is 450 g/mol. The van der Waals surface area contributed by atoms with Crippen molar-refractivity contribution in [1.29, 1.82) is 0 Å². The molecule has 33 heavy (non-hydrogen) atoms. The van der Waals surface area contributed by atoms with Gasteiger partial charge in [-0.3, -0.25) is 5.32 Å². The molecule has 0 radical (unpaired) electrons. The van der Waals surface area contributed by atoms with Gasteiger partial charge in [-0.15, -0.1) is 0 Å². The molecule has 0 aliphatic rings. The Morgan fingerprint density at radius 3 is 2.55 bits per heavy atom. The molecule has 10 heteroatoms. The lowest BCUT2D eigenvalue weighted by atomic mass is 10.2. The van der Waals surface area contributed by atoms with E-state index in [-0.39, 0.29) is 11.7 Å². The summed E-state index contributed by atoms with van der Waals surface area (Å²) in [5, 5.41) is 2.64. The molecular formula is C23H23FN6O3. The van der Waals surface area contributed by atoms with Gasteiger partial charge in [-0.2, -0.15) is 4.98 Å². The third-order valence-electron chi connectivity index (χ3n) is 4.80. The van der Waals surface area contributed by atoms with Crippen LogP contribution in [0.4, 0.5) is 20.9 Å². The number of nitrogens with one attached hydrogen (secondary N) is 1. The summed E-state index contributed by atoms with van der Waals surface area (Å²) >= 11 is 0. The standard InChI is InChI=1S/C23H23FN6O3/c1-29(2)10-11-30(3)22-28-18-12-17(8-9-20(18)32-22)27-23(31)33-21-14-25-19(13-26-21)15-4-6-16(24)7-5-15/h4-9,12-14H,10-11H2,1-3H3,(H,27,31). The van der Waals surface area contributed by atoms with E-state index in [4.69, 9.17) is 9.15 Å². The van der Waals surface area contributed by atoms with Crippen molar-refractivity contribution in [2.24, 2.45) is 0 Å². The van der Waals surface area contributed by atoms with Crippen molar-refractivity contribution in [3.05, 3.63) is 60.7 Å². The summed E-state index contributed by atoms with van der Waals surface area (Å²) in [5.74, 6) is -0.301. The number of hydrogen-bond donors (Lipinski definition) is 1. The van der Waals surface area contributed by atoms with Crippen molar-refractivity contribution in [1.82, 2.24) is 19.9 Å². The summed E-state index contributed by atoms with van der Waals surface area (Å²) < 4.78 is 24.0. The lowest BCUT2D eigenvalue weighted by Gasteiger charge is -2.17. The molecule has 0 aliphatic carbocycles. The molecule has 0 spiro atoms. The van der Waals surface area contributed by atoms with Crippen LogP contribution >= 0.6 is 0 Å². The second-order valence-corrected chi connectivity index (χ2v) is 7.67. The van der Waals surface area contributed by atoms with E-state index in [2.05, 4.69) is 25.2 Å². The van der Waals surface area contributed by atoms with Gasteiger partial charge in [0.05, 0.1) is 18.1 Å². The van der Waals surface area contributed by atoms with Gasteiger partial charge in [-0.05, 0) is 56.6 Å². The number of nitrogens with zero attached hydrogens (tertiary/aromatic N) is 5. The smallest absolute Gasteiger partial charge is 0.418 e. The number of rotatable bonds is 7. The van der Waals surface area contributed by atoms with E-state index in [1.165, 1.54) is 24.5 Å². The van der Waals surface area contributed by atoms with Gasteiger partial charge in [-0.25, -0.2) is 19.2 Å². The third kappa shape index (κ3) is 5.60. The second kappa shape index (κ2) is 9.61. The van der Waals surface area contributed by atoms with Crippen LogP contribution < -0.4 is 15.0 Å². The Balaban J connectivity index is 1.38. The maximum Gasteiger partial charge on any atom is 0.418 e. The van der Waals surface area contributed by atoms with Crippen molar-refractivity contribution in [2.75, 3.05) is 44.4 Å². The first-order valence-corrected chi connectivity index (χ1v) is 10.2. The van der Waals surface area contributed by atoms with Gasteiger partial charge in [-0.1, -0.05) is 0 Å². The van der Waals surface area contributed by atoms with Crippen molar-refractivity contribution in [2.45, 2.75) is 0 Å². The summed E-state index contributed by atoms with van der Waals surface area (Å²) in [4.78, 5) is 29.1. The number of carbonyl (C=O) groups is 1. The van der Waals surface area contributed by atoms with Crippen LogP contribution in [0.25, 0.3) is 22.4 Å². The topological polar surface area (TPSA) is 96.6 Å². The number of halogens is 1. The van der Waals surface area contributed by atoms with Crippen LogP contribution in [0, 0.1) is 5.82 Å². The maximum atomic E-state index is 13.1. The molecule has 2 heterocycles. The molecule has 170 valence electrons. The lowest BCUT2D eigenvalue weighted by Crippen LogP contribution is -2.28. The molecule has 1 N–H and O–H groups in total. The molecule has 0 saturated heterocycles. The summed E-state index contributed by atoms with van der Waals surface area (Å²) in [6, 6.07) is 11.5. The average Bonchev–Trinajstić information content (AvgIpc) is 3.22. The highest BCUT2D eigenvalue weighted by Crippen LogP contribution is 2.24. The van der Waals surface area contributed by atoms with Crippen molar-refractivity contribution >= 4 is 28.9 Å². The summed E-state index contributed by atoms with van der Waals surface area (Å²) in [6.45, 7) is 1.62. The molecule has 0 saturated carbocycles. The van der Waals surface area contributed by atoms with Gasteiger partial charge < -0.3 is 19.0 Å². The van der Waals surface area contributed by atoms with Crippen LogP contribution in [-0.4, -0.2) is 60.2 Å². The van der Waals surface area contributed by atoms with E-state index < -0.39 is 6.09 Å².